The van der Waals surface area contributed by atoms with Gasteiger partial charge in [0, 0.05) is 22.7 Å². The van der Waals surface area contributed by atoms with Crippen molar-refractivity contribution in [2.24, 2.45) is 0 Å². The van der Waals surface area contributed by atoms with Gasteiger partial charge in [-0.15, -0.1) is 0 Å². The van der Waals surface area contributed by atoms with Gasteiger partial charge in [0.1, 0.15) is 5.75 Å². The van der Waals surface area contributed by atoms with E-state index in [-0.39, 0.29) is 0 Å². The molecule has 0 spiro atoms. The molecule has 174 valence electrons. The number of rotatable bonds is 8. The number of hydrogen-bond donors (Lipinski definition) is 1. The summed E-state index contributed by atoms with van der Waals surface area (Å²) in [6.07, 6.45) is 0. The van der Waals surface area contributed by atoms with Gasteiger partial charge in [-0.2, -0.15) is 0 Å². The Labute approximate surface area is 204 Å². The molecule has 0 aliphatic carbocycles. The van der Waals surface area contributed by atoms with Crippen molar-refractivity contribution in [1.29, 1.82) is 0 Å². The molecule has 4 aromatic carbocycles. The van der Waals surface area contributed by atoms with Gasteiger partial charge in [-0.25, -0.2) is 4.98 Å². The largest absolute Gasteiger partial charge is 0.497 e. The van der Waals surface area contributed by atoms with Gasteiger partial charge in [0.15, 0.2) is 12.6 Å². The van der Waals surface area contributed by atoms with Crippen LogP contribution in [-0.4, -0.2) is 12.1 Å². The molecule has 0 saturated heterocycles. The normalized spacial score (nSPS) is 11.2. The number of oxazole rings is 1. The maximum absolute atomic E-state index is 15.0. The van der Waals surface area contributed by atoms with E-state index in [9.17, 15) is 0 Å². The number of aromatic nitrogens is 1. The maximum atomic E-state index is 15.0. The van der Waals surface area contributed by atoms with E-state index in [1.54, 1.807) is 7.11 Å². The molecule has 6 heteroatoms. The zero-order chi connectivity index (χ0) is 24.1. The lowest BCUT2D eigenvalue weighted by atomic mass is 10.2. The van der Waals surface area contributed by atoms with Crippen LogP contribution in [0.15, 0.2) is 120 Å². The van der Waals surface area contributed by atoms with E-state index in [0.29, 0.717) is 34.4 Å². The second-order valence-electron chi connectivity index (χ2n) is 8.02. The van der Waals surface area contributed by atoms with E-state index in [4.69, 9.17) is 14.1 Å². The third-order valence-electron chi connectivity index (χ3n) is 5.78. The van der Waals surface area contributed by atoms with Crippen LogP contribution in [0.5, 0.6) is 5.75 Å². The van der Waals surface area contributed by atoms with E-state index >= 15 is 4.57 Å². The molecule has 1 aromatic heterocycles. The molecule has 0 saturated carbocycles. The number of benzene rings is 4. The average molecular weight is 481 g/mol. The molecule has 0 bridgehead atoms. The fourth-order valence-corrected chi connectivity index (χ4v) is 6.56. The highest BCUT2D eigenvalue weighted by atomic mass is 31.2. The van der Waals surface area contributed by atoms with E-state index in [0.717, 1.165) is 16.9 Å². The zero-order valence-electron chi connectivity index (χ0n) is 19.3. The van der Waals surface area contributed by atoms with E-state index in [1.165, 1.54) is 0 Å². The summed E-state index contributed by atoms with van der Waals surface area (Å²) in [6, 6.07) is 36.4. The van der Waals surface area contributed by atoms with Crippen molar-refractivity contribution in [3.05, 3.63) is 121 Å². The fraction of sp³-hybridized carbons (Fsp3) is 0.0690. The molecule has 5 aromatic rings. The van der Waals surface area contributed by atoms with Gasteiger partial charge >= 0.3 is 0 Å². The molecule has 5 rings (SSSR count). The van der Waals surface area contributed by atoms with Gasteiger partial charge in [0.25, 0.3) is 0 Å². The monoisotopic (exact) mass is 480 g/mol. The van der Waals surface area contributed by atoms with Crippen LogP contribution in [-0.2, 0) is 11.1 Å². The minimum absolute atomic E-state index is 0.394. The topological polar surface area (TPSA) is 64.4 Å². The molecule has 35 heavy (non-hydrogen) atoms. The molecule has 0 aliphatic rings. The maximum Gasteiger partial charge on any atom is 0.229 e. The Hall–Kier alpha value is -4.08. The van der Waals surface area contributed by atoms with Gasteiger partial charge in [-0.05, 0) is 29.8 Å². The molecule has 0 fully saturated rings. The van der Waals surface area contributed by atoms with Gasteiger partial charge in [0.2, 0.25) is 11.8 Å². The second-order valence-corrected chi connectivity index (χ2v) is 10.7. The van der Waals surface area contributed by atoms with E-state index < -0.39 is 7.14 Å². The summed E-state index contributed by atoms with van der Waals surface area (Å²) in [5, 5.41) is 4.76. The quantitative estimate of drug-likeness (QED) is 0.293. The van der Waals surface area contributed by atoms with Crippen molar-refractivity contribution in [3.8, 4) is 17.2 Å². The van der Waals surface area contributed by atoms with Gasteiger partial charge in [0.05, 0.1) is 7.11 Å². The van der Waals surface area contributed by atoms with Crippen molar-refractivity contribution in [3.63, 3.8) is 0 Å². The number of nitrogens with zero attached hydrogens (tertiary/aromatic N) is 1. The van der Waals surface area contributed by atoms with E-state index in [1.807, 2.05) is 115 Å². The zero-order valence-corrected chi connectivity index (χ0v) is 20.2. The Morgan fingerprint density at radius 3 is 1.86 bits per heavy atom. The third kappa shape index (κ3) is 4.64. The summed E-state index contributed by atoms with van der Waals surface area (Å²) >= 11 is 0. The number of nitrogens with one attached hydrogen (secondary N) is 1. The van der Waals surface area contributed by atoms with Crippen LogP contribution in [0.3, 0.4) is 0 Å². The Morgan fingerprint density at radius 2 is 1.31 bits per heavy atom. The molecule has 1 N–H and O–H groups in total. The highest BCUT2D eigenvalue weighted by Gasteiger charge is 2.36. The SMILES string of the molecule is COc1ccc(-c2nc(P(=O)(c3ccccc3)c3ccccc3)c(NCc3ccccc3)o2)cc1. The van der Waals surface area contributed by atoms with Crippen LogP contribution in [0.25, 0.3) is 11.5 Å². The molecule has 0 unspecified atom stereocenters. The van der Waals surface area contributed by atoms with Crippen LogP contribution in [0.4, 0.5) is 5.88 Å². The van der Waals surface area contributed by atoms with Crippen LogP contribution in [0.1, 0.15) is 5.56 Å². The van der Waals surface area contributed by atoms with Crippen molar-refractivity contribution in [2.75, 3.05) is 12.4 Å². The summed E-state index contributed by atoms with van der Waals surface area (Å²) in [6.45, 7) is 0.509. The molecule has 0 aliphatic heterocycles. The first-order chi connectivity index (χ1) is 17.2. The summed E-state index contributed by atoms with van der Waals surface area (Å²) < 4.78 is 26.5. The molecule has 0 radical (unpaired) electrons. The fourth-order valence-electron chi connectivity index (χ4n) is 3.95. The molecular weight excluding hydrogens is 455 g/mol. The predicted octanol–water partition coefficient (Wildman–Crippen LogP) is 5.60. The summed E-state index contributed by atoms with van der Waals surface area (Å²) in [4.78, 5) is 4.84. The third-order valence-corrected chi connectivity index (χ3v) is 8.73. The van der Waals surface area contributed by atoms with Crippen molar-refractivity contribution < 1.29 is 13.7 Å². The van der Waals surface area contributed by atoms with Gasteiger partial charge in [-0.3, -0.25) is 0 Å². The first kappa shape index (κ1) is 22.7. The van der Waals surface area contributed by atoms with Crippen LogP contribution < -0.4 is 26.1 Å². The van der Waals surface area contributed by atoms with Crippen LogP contribution in [0, 0.1) is 0 Å². The number of ether oxygens (including phenoxy) is 1. The van der Waals surface area contributed by atoms with Crippen molar-refractivity contribution in [2.45, 2.75) is 6.54 Å². The van der Waals surface area contributed by atoms with Crippen LogP contribution >= 0.6 is 7.14 Å². The molecule has 1 heterocycles. The highest BCUT2D eigenvalue weighted by Crippen LogP contribution is 2.45. The smallest absolute Gasteiger partial charge is 0.229 e. The van der Waals surface area contributed by atoms with Gasteiger partial charge < -0.3 is 19.0 Å². The number of anilines is 1. The second kappa shape index (κ2) is 10.0. The molecule has 5 nitrogen and oxygen atoms in total. The predicted molar refractivity (Wildman–Crippen MR) is 142 cm³/mol. The van der Waals surface area contributed by atoms with Gasteiger partial charge in [-0.1, -0.05) is 91.0 Å². The Balaban J connectivity index is 1.66. The standard InChI is InChI=1S/C29H25N2O3P/c1-33-24-19-17-23(18-20-24)27-31-29(28(34-27)30-21-22-11-5-2-6-12-22)35(32,25-13-7-3-8-14-25)26-15-9-4-10-16-26/h2-20,30H,21H2,1H3. The Bertz CT molecular complexity index is 1390. The molecular formula is C29H25N2O3P. The Kier molecular flexibility index (Phi) is 6.51. The first-order valence-corrected chi connectivity index (χ1v) is 13.0. The summed E-state index contributed by atoms with van der Waals surface area (Å²) in [5.74, 6) is 1.53. The van der Waals surface area contributed by atoms with Crippen molar-refractivity contribution in [1.82, 2.24) is 4.98 Å². The lowest BCUT2D eigenvalue weighted by Crippen LogP contribution is -2.27. The minimum atomic E-state index is -3.34. The molecule has 0 atom stereocenters. The highest BCUT2D eigenvalue weighted by molar-refractivity contribution is 7.85. The van der Waals surface area contributed by atoms with E-state index in [2.05, 4.69) is 5.32 Å². The number of methoxy groups -OCH3 is 1. The summed E-state index contributed by atoms with van der Waals surface area (Å²) in [5.41, 5.74) is 2.25. The Morgan fingerprint density at radius 1 is 0.771 bits per heavy atom. The van der Waals surface area contributed by atoms with Crippen molar-refractivity contribution >= 4 is 29.1 Å². The average Bonchev–Trinajstić information content (AvgIpc) is 3.38. The number of hydrogen-bond acceptors (Lipinski definition) is 5. The molecule has 0 amide bonds. The lowest BCUT2D eigenvalue weighted by molar-refractivity contribution is 0.415. The minimum Gasteiger partial charge on any atom is -0.497 e. The first-order valence-electron chi connectivity index (χ1n) is 11.3. The summed E-state index contributed by atoms with van der Waals surface area (Å²) in [7, 11) is -1.72. The van der Waals surface area contributed by atoms with Crippen LogP contribution in [0.2, 0.25) is 0 Å². The lowest BCUT2D eigenvalue weighted by Gasteiger charge is -2.18.